The lowest BCUT2D eigenvalue weighted by Crippen LogP contribution is -2.46. The van der Waals surface area contributed by atoms with Crippen LogP contribution in [-0.2, 0) is 20.3 Å². The molecule has 11 heteroatoms. The van der Waals surface area contributed by atoms with E-state index in [0.717, 1.165) is 16.8 Å². The van der Waals surface area contributed by atoms with E-state index in [4.69, 9.17) is 0 Å². The Morgan fingerprint density at radius 1 is 1.00 bits per heavy atom. The second kappa shape index (κ2) is 10.3. The maximum atomic E-state index is 13.2. The quantitative estimate of drug-likeness (QED) is 0.315. The number of aromatic nitrogens is 2. The summed E-state index contributed by atoms with van der Waals surface area (Å²) < 4.78 is 34.4. The van der Waals surface area contributed by atoms with Crippen LogP contribution in [0.25, 0.3) is 5.69 Å². The number of aryl methyl sites for hydroxylation is 1. The number of carbonyl (C=O) groups is 2. The first-order valence-electron chi connectivity index (χ1n) is 12.2. The van der Waals surface area contributed by atoms with Gasteiger partial charge in [0.15, 0.2) is 0 Å². The van der Waals surface area contributed by atoms with Crippen molar-refractivity contribution in [3.8, 4) is 5.69 Å². The number of benzene rings is 3. The molecule has 0 spiro atoms. The first kappa shape index (κ1) is 26.0. The van der Waals surface area contributed by atoms with E-state index in [0.29, 0.717) is 17.9 Å². The highest BCUT2D eigenvalue weighted by Gasteiger charge is 2.60. The van der Waals surface area contributed by atoms with Gasteiger partial charge in [0.2, 0.25) is 0 Å². The molecule has 1 heterocycles. The lowest BCUT2D eigenvalue weighted by molar-refractivity contribution is 0.187. The minimum atomic E-state index is -4.09. The molecule has 2 unspecified atom stereocenters. The third-order valence-electron chi connectivity index (χ3n) is 6.67. The Labute approximate surface area is 226 Å². The van der Waals surface area contributed by atoms with E-state index in [-0.39, 0.29) is 10.8 Å². The third-order valence-corrected chi connectivity index (χ3v) is 8.02. The van der Waals surface area contributed by atoms with Crippen LogP contribution in [0.5, 0.6) is 0 Å². The Hall–Kier alpha value is -4.64. The zero-order valence-corrected chi connectivity index (χ0v) is 22.1. The minimum absolute atomic E-state index is 0.00476. The molecule has 0 saturated heterocycles. The van der Waals surface area contributed by atoms with Crippen molar-refractivity contribution in [3.63, 3.8) is 0 Å². The standard InChI is InChI=1S/C28H27N5O5S/c1-19-8-14-23(15-9-19)39(36,37)32-26(34)31-28(18-24(28)20-6-4-3-5-7-20)25-29-16-17-33(25)22-12-10-21(11-13-22)30-27(35)38-2/h3-17,24H,18H2,1-2H3,(H,30,35)(H2,31,32,34). The molecule has 200 valence electrons. The molecule has 39 heavy (non-hydrogen) atoms. The van der Waals surface area contributed by atoms with Gasteiger partial charge in [-0.25, -0.2) is 27.7 Å². The fourth-order valence-electron chi connectivity index (χ4n) is 4.63. The minimum Gasteiger partial charge on any atom is -0.453 e. The second-order valence-corrected chi connectivity index (χ2v) is 11.0. The van der Waals surface area contributed by atoms with Crippen molar-refractivity contribution in [1.82, 2.24) is 19.6 Å². The molecule has 3 N–H and O–H groups in total. The van der Waals surface area contributed by atoms with Gasteiger partial charge in [0, 0.05) is 29.7 Å². The highest BCUT2D eigenvalue weighted by Crippen LogP contribution is 2.58. The molecule has 3 aromatic carbocycles. The SMILES string of the molecule is COC(=O)Nc1ccc(-n2ccnc2C2(NC(=O)NS(=O)(=O)c3ccc(C)cc3)CC2c2ccccc2)cc1. The monoisotopic (exact) mass is 545 g/mol. The van der Waals surface area contributed by atoms with Crippen molar-refractivity contribution in [3.05, 3.63) is 108 Å². The van der Waals surface area contributed by atoms with Gasteiger partial charge in [0.05, 0.1) is 12.0 Å². The number of methoxy groups -OCH3 is 1. The molecule has 1 aromatic heterocycles. The van der Waals surface area contributed by atoms with Crippen LogP contribution in [-0.4, -0.2) is 37.2 Å². The van der Waals surface area contributed by atoms with Gasteiger partial charge in [0.1, 0.15) is 11.4 Å². The van der Waals surface area contributed by atoms with E-state index < -0.39 is 27.7 Å². The predicted molar refractivity (Wildman–Crippen MR) is 145 cm³/mol. The lowest BCUT2D eigenvalue weighted by atomic mass is 10.1. The number of amides is 3. The fraction of sp³-hybridized carbons (Fsp3) is 0.179. The number of hydrogen-bond donors (Lipinski definition) is 3. The molecule has 1 aliphatic rings. The number of nitrogens with zero attached hydrogens (tertiary/aromatic N) is 2. The molecule has 3 amide bonds. The van der Waals surface area contributed by atoms with Gasteiger partial charge < -0.3 is 14.6 Å². The van der Waals surface area contributed by atoms with Crippen molar-refractivity contribution < 1.29 is 22.7 Å². The fourth-order valence-corrected chi connectivity index (χ4v) is 5.54. The molecule has 1 saturated carbocycles. The van der Waals surface area contributed by atoms with Gasteiger partial charge in [-0.1, -0.05) is 48.0 Å². The van der Waals surface area contributed by atoms with Gasteiger partial charge >= 0.3 is 12.1 Å². The summed E-state index contributed by atoms with van der Waals surface area (Å²) >= 11 is 0. The molecule has 0 aliphatic heterocycles. The highest BCUT2D eigenvalue weighted by atomic mass is 32.2. The van der Waals surface area contributed by atoms with Crippen LogP contribution >= 0.6 is 0 Å². The molecule has 4 aromatic rings. The Kier molecular flexibility index (Phi) is 6.83. The zero-order valence-electron chi connectivity index (χ0n) is 21.3. The number of carbonyl (C=O) groups excluding carboxylic acids is 2. The van der Waals surface area contributed by atoms with Gasteiger partial charge in [-0.15, -0.1) is 0 Å². The van der Waals surface area contributed by atoms with Crippen molar-refractivity contribution in [1.29, 1.82) is 0 Å². The Bertz CT molecular complexity index is 1600. The van der Waals surface area contributed by atoms with Crippen LogP contribution in [0.1, 0.15) is 29.3 Å². The summed E-state index contributed by atoms with van der Waals surface area (Å²) in [7, 11) is -2.80. The summed E-state index contributed by atoms with van der Waals surface area (Å²) in [5, 5.41) is 5.53. The predicted octanol–water partition coefficient (Wildman–Crippen LogP) is 4.43. The van der Waals surface area contributed by atoms with E-state index in [1.165, 1.54) is 19.2 Å². The van der Waals surface area contributed by atoms with Crippen LogP contribution in [0.2, 0.25) is 0 Å². The van der Waals surface area contributed by atoms with Crippen LogP contribution in [0.15, 0.2) is 96.2 Å². The van der Waals surface area contributed by atoms with E-state index >= 15 is 0 Å². The van der Waals surface area contributed by atoms with E-state index in [1.807, 2.05) is 41.8 Å². The maximum absolute atomic E-state index is 13.2. The first-order chi connectivity index (χ1) is 18.7. The second-order valence-electron chi connectivity index (χ2n) is 9.30. The summed E-state index contributed by atoms with van der Waals surface area (Å²) in [4.78, 5) is 29.3. The summed E-state index contributed by atoms with van der Waals surface area (Å²) in [6.07, 6.45) is 3.34. The maximum Gasteiger partial charge on any atom is 0.411 e. The Morgan fingerprint density at radius 2 is 1.69 bits per heavy atom. The molecule has 0 radical (unpaired) electrons. The number of sulfonamides is 1. The zero-order chi connectivity index (χ0) is 27.6. The van der Waals surface area contributed by atoms with Gasteiger partial charge in [-0.3, -0.25) is 5.32 Å². The average molecular weight is 546 g/mol. The normalized spacial score (nSPS) is 18.2. The van der Waals surface area contributed by atoms with Crippen LogP contribution in [0.3, 0.4) is 0 Å². The summed E-state index contributed by atoms with van der Waals surface area (Å²) in [6.45, 7) is 1.85. The molecule has 10 nitrogen and oxygen atoms in total. The number of urea groups is 1. The summed E-state index contributed by atoms with van der Waals surface area (Å²) in [5.41, 5.74) is 2.23. The number of ether oxygens (including phenoxy) is 1. The van der Waals surface area contributed by atoms with Crippen LogP contribution in [0.4, 0.5) is 15.3 Å². The van der Waals surface area contributed by atoms with Gasteiger partial charge in [0.25, 0.3) is 10.0 Å². The number of nitrogens with one attached hydrogen (secondary N) is 3. The number of hydrogen-bond acceptors (Lipinski definition) is 6. The van der Waals surface area contributed by atoms with E-state index in [1.54, 1.807) is 48.8 Å². The highest BCUT2D eigenvalue weighted by molar-refractivity contribution is 7.90. The summed E-state index contributed by atoms with van der Waals surface area (Å²) in [5.74, 6) is 0.417. The molecule has 1 fully saturated rings. The van der Waals surface area contributed by atoms with Crippen molar-refractivity contribution >= 4 is 27.8 Å². The number of rotatable bonds is 7. The molecule has 0 bridgehead atoms. The van der Waals surface area contributed by atoms with Crippen molar-refractivity contribution in [2.45, 2.75) is 29.7 Å². The van der Waals surface area contributed by atoms with E-state index in [2.05, 4.69) is 25.1 Å². The lowest BCUT2D eigenvalue weighted by Gasteiger charge is -2.22. The Balaban J connectivity index is 1.45. The van der Waals surface area contributed by atoms with Crippen LogP contribution in [0, 0.1) is 6.92 Å². The van der Waals surface area contributed by atoms with Crippen molar-refractivity contribution in [2.24, 2.45) is 0 Å². The van der Waals surface area contributed by atoms with Crippen LogP contribution < -0.4 is 15.4 Å². The topological polar surface area (TPSA) is 131 Å². The molecular weight excluding hydrogens is 518 g/mol. The molecule has 5 rings (SSSR count). The van der Waals surface area contributed by atoms with E-state index in [9.17, 15) is 18.0 Å². The van der Waals surface area contributed by atoms with Gasteiger partial charge in [-0.05, 0) is 55.3 Å². The molecule has 1 aliphatic carbocycles. The Morgan fingerprint density at radius 3 is 2.36 bits per heavy atom. The number of anilines is 1. The van der Waals surface area contributed by atoms with Gasteiger partial charge in [-0.2, -0.15) is 0 Å². The largest absolute Gasteiger partial charge is 0.453 e. The number of imidazole rings is 1. The smallest absolute Gasteiger partial charge is 0.411 e. The first-order valence-corrected chi connectivity index (χ1v) is 13.7. The molecular formula is C28H27N5O5S. The summed E-state index contributed by atoms with van der Waals surface area (Å²) in [6, 6.07) is 22.1. The molecule has 2 atom stereocenters. The third kappa shape index (κ3) is 5.34. The average Bonchev–Trinajstić information content (AvgIpc) is 3.41. The van der Waals surface area contributed by atoms with Crippen molar-refractivity contribution in [2.75, 3.05) is 12.4 Å².